The van der Waals surface area contributed by atoms with E-state index in [4.69, 9.17) is 9.72 Å². The van der Waals surface area contributed by atoms with E-state index in [9.17, 15) is 4.79 Å². The molecule has 1 N–H and O–H groups in total. The molecule has 5 rings (SSSR count). The average Bonchev–Trinajstić information content (AvgIpc) is 3.15. The van der Waals surface area contributed by atoms with Gasteiger partial charge in [-0.05, 0) is 86.7 Å². The van der Waals surface area contributed by atoms with E-state index in [2.05, 4.69) is 54.4 Å². The number of carbonyl (C=O) groups is 1. The normalized spacial score (nSPS) is 11.3. The molecule has 4 heteroatoms. The minimum Gasteiger partial charge on any atom is -0.427 e. The Hall–Kier alpha value is -3.92. The van der Waals surface area contributed by atoms with Crippen LogP contribution in [0.25, 0.3) is 33.2 Å². The zero-order valence-corrected chi connectivity index (χ0v) is 19.8. The number of hydrogen-bond acceptors (Lipinski definition) is 3. The molecule has 0 bridgehead atoms. The van der Waals surface area contributed by atoms with Crippen LogP contribution in [0.5, 0.6) is 5.75 Å². The molecule has 3 aromatic carbocycles. The number of pyridine rings is 1. The minimum absolute atomic E-state index is 0.202. The van der Waals surface area contributed by atoms with Crippen LogP contribution in [-0.4, -0.2) is 15.9 Å². The lowest BCUT2D eigenvalue weighted by molar-refractivity contribution is -0.134. The molecule has 2 aromatic heterocycles. The largest absolute Gasteiger partial charge is 0.427 e. The molecule has 0 radical (unpaired) electrons. The molecule has 0 saturated carbocycles. The highest BCUT2D eigenvalue weighted by Gasteiger charge is 2.16. The number of benzene rings is 3. The highest BCUT2D eigenvalue weighted by molar-refractivity contribution is 5.92. The van der Waals surface area contributed by atoms with Crippen molar-refractivity contribution in [1.82, 2.24) is 9.97 Å². The maximum atomic E-state index is 12.5. The van der Waals surface area contributed by atoms with Gasteiger partial charge in [-0.3, -0.25) is 4.79 Å². The lowest BCUT2D eigenvalue weighted by Crippen LogP contribution is -2.08. The predicted octanol–water partition coefficient (Wildman–Crippen LogP) is 7.24. The van der Waals surface area contributed by atoms with Gasteiger partial charge in [0, 0.05) is 22.7 Å². The summed E-state index contributed by atoms with van der Waals surface area (Å²) < 4.78 is 5.61. The van der Waals surface area contributed by atoms with Gasteiger partial charge in [-0.1, -0.05) is 42.0 Å². The van der Waals surface area contributed by atoms with Crippen molar-refractivity contribution in [2.24, 2.45) is 0 Å². The molecule has 0 aliphatic rings. The molecule has 0 spiro atoms. The molecular weight excluding hydrogens is 420 g/mol. The number of fused-ring (bicyclic) bond motifs is 2. The quantitative estimate of drug-likeness (QED) is 0.220. The van der Waals surface area contributed by atoms with Crippen LogP contribution in [0.4, 0.5) is 0 Å². The number of para-hydroxylation sites is 1. The standard InChI is InChI=1S/C30H28N2O2/c1-19-11-13-27-25(18-19)24(8-6-10-29(33)34-23-16-20(2)15-21(3)17-23)30(32-27)28-14-12-22-7-4-5-9-26(22)31-28/h4-5,7,9,11-18,32H,6,8,10H2,1-3H3. The van der Waals surface area contributed by atoms with Crippen LogP contribution in [-0.2, 0) is 11.2 Å². The number of carbonyl (C=O) groups excluding carboxylic acids is 1. The van der Waals surface area contributed by atoms with Crippen molar-refractivity contribution in [3.63, 3.8) is 0 Å². The van der Waals surface area contributed by atoms with Crippen molar-refractivity contribution >= 4 is 27.8 Å². The Morgan fingerprint density at radius 1 is 0.882 bits per heavy atom. The molecule has 0 atom stereocenters. The summed E-state index contributed by atoms with van der Waals surface area (Å²) in [4.78, 5) is 21.0. The van der Waals surface area contributed by atoms with E-state index in [0.717, 1.165) is 45.4 Å². The summed E-state index contributed by atoms with van der Waals surface area (Å²) in [6.07, 6.45) is 1.82. The number of esters is 1. The third kappa shape index (κ3) is 4.58. The van der Waals surface area contributed by atoms with Crippen LogP contribution in [0, 0.1) is 20.8 Å². The Kier molecular flexibility index (Phi) is 5.89. The maximum Gasteiger partial charge on any atom is 0.311 e. The highest BCUT2D eigenvalue weighted by atomic mass is 16.5. The number of rotatable bonds is 6. The smallest absolute Gasteiger partial charge is 0.311 e. The van der Waals surface area contributed by atoms with E-state index in [-0.39, 0.29) is 5.97 Å². The summed E-state index contributed by atoms with van der Waals surface area (Å²) in [6, 6.07) is 24.6. The monoisotopic (exact) mass is 448 g/mol. The van der Waals surface area contributed by atoms with E-state index < -0.39 is 0 Å². The van der Waals surface area contributed by atoms with Crippen molar-refractivity contribution in [2.75, 3.05) is 0 Å². The number of ether oxygens (including phenoxy) is 1. The number of aromatic nitrogens is 2. The van der Waals surface area contributed by atoms with Gasteiger partial charge in [-0.2, -0.15) is 0 Å². The lowest BCUT2D eigenvalue weighted by Gasteiger charge is -2.08. The van der Waals surface area contributed by atoms with Gasteiger partial charge < -0.3 is 9.72 Å². The Labute approximate surface area is 199 Å². The summed E-state index contributed by atoms with van der Waals surface area (Å²) in [6.45, 7) is 6.11. The third-order valence-corrected chi connectivity index (χ3v) is 6.15. The summed E-state index contributed by atoms with van der Waals surface area (Å²) >= 11 is 0. The summed E-state index contributed by atoms with van der Waals surface area (Å²) in [5, 5.41) is 2.31. The molecule has 5 aromatic rings. The average molecular weight is 449 g/mol. The van der Waals surface area contributed by atoms with Crippen molar-refractivity contribution in [1.29, 1.82) is 0 Å². The van der Waals surface area contributed by atoms with E-state index >= 15 is 0 Å². The molecule has 170 valence electrons. The van der Waals surface area contributed by atoms with Gasteiger partial charge in [0.1, 0.15) is 5.75 Å². The molecule has 0 saturated heterocycles. The number of H-pyrrole nitrogens is 1. The van der Waals surface area contributed by atoms with E-state index in [1.54, 1.807) is 0 Å². The fourth-order valence-corrected chi connectivity index (χ4v) is 4.63. The van der Waals surface area contributed by atoms with Crippen LogP contribution >= 0.6 is 0 Å². The molecule has 34 heavy (non-hydrogen) atoms. The molecule has 2 heterocycles. The third-order valence-electron chi connectivity index (χ3n) is 6.15. The zero-order valence-electron chi connectivity index (χ0n) is 19.8. The molecule has 4 nitrogen and oxygen atoms in total. The predicted molar refractivity (Wildman–Crippen MR) is 138 cm³/mol. The van der Waals surface area contributed by atoms with Crippen LogP contribution in [0.1, 0.15) is 35.1 Å². The molecule has 0 unspecified atom stereocenters. The molecule has 0 aliphatic carbocycles. The fourth-order valence-electron chi connectivity index (χ4n) is 4.63. The summed E-state index contributed by atoms with van der Waals surface area (Å²) in [7, 11) is 0. The first-order valence-electron chi connectivity index (χ1n) is 11.7. The SMILES string of the molecule is Cc1cc(C)cc(OC(=O)CCCc2c(-c3ccc4ccccc4n3)[nH]c3ccc(C)cc23)c1. The van der Waals surface area contributed by atoms with Gasteiger partial charge in [0.05, 0.1) is 16.9 Å². The first-order valence-corrected chi connectivity index (χ1v) is 11.7. The van der Waals surface area contributed by atoms with Gasteiger partial charge in [-0.15, -0.1) is 0 Å². The maximum absolute atomic E-state index is 12.5. The van der Waals surface area contributed by atoms with Gasteiger partial charge in [0.2, 0.25) is 0 Å². The lowest BCUT2D eigenvalue weighted by atomic mass is 10.0. The fraction of sp³-hybridized carbons (Fsp3) is 0.200. The first-order chi connectivity index (χ1) is 16.5. The topological polar surface area (TPSA) is 55.0 Å². The molecule has 0 fully saturated rings. The Morgan fingerprint density at radius 2 is 1.68 bits per heavy atom. The Morgan fingerprint density at radius 3 is 2.50 bits per heavy atom. The number of hydrogen-bond donors (Lipinski definition) is 1. The number of aromatic amines is 1. The molecule has 0 amide bonds. The second kappa shape index (κ2) is 9.14. The van der Waals surface area contributed by atoms with E-state index in [0.29, 0.717) is 18.6 Å². The van der Waals surface area contributed by atoms with Crippen LogP contribution in [0.15, 0.2) is 72.8 Å². The molecule has 0 aliphatic heterocycles. The van der Waals surface area contributed by atoms with Gasteiger partial charge >= 0.3 is 5.97 Å². The minimum atomic E-state index is -0.202. The Bertz CT molecular complexity index is 1490. The van der Waals surface area contributed by atoms with Crippen molar-refractivity contribution < 1.29 is 9.53 Å². The highest BCUT2D eigenvalue weighted by Crippen LogP contribution is 2.32. The van der Waals surface area contributed by atoms with Crippen molar-refractivity contribution in [2.45, 2.75) is 40.0 Å². The van der Waals surface area contributed by atoms with Crippen LogP contribution in [0.2, 0.25) is 0 Å². The zero-order chi connectivity index (χ0) is 23.7. The van der Waals surface area contributed by atoms with E-state index in [1.807, 2.05) is 44.2 Å². The molecular formula is C30H28N2O2. The van der Waals surface area contributed by atoms with Crippen LogP contribution < -0.4 is 4.74 Å². The number of aryl methyl sites for hydroxylation is 4. The summed E-state index contributed by atoms with van der Waals surface area (Å²) in [5.41, 5.74) is 8.57. The van der Waals surface area contributed by atoms with E-state index in [1.165, 1.54) is 16.5 Å². The van der Waals surface area contributed by atoms with Crippen molar-refractivity contribution in [3.05, 3.63) is 95.1 Å². The Balaban J connectivity index is 1.40. The number of nitrogens with zero attached hydrogens (tertiary/aromatic N) is 1. The first kappa shape index (κ1) is 21.9. The number of nitrogens with one attached hydrogen (secondary N) is 1. The second-order valence-corrected chi connectivity index (χ2v) is 9.07. The van der Waals surface area contributed by atoms with Crippen molar-refractivity contribution in [3.8, 4) is 17.1 Å². The van der Waals surface area contributed by atoms with Crippen LogP contribution in [0.3, 0.4) is 0 Å². The summed E-state index contributed by atoms with van der Waals surface area (Å²) in [5.74, 6) is 0.415. The van der Waals surface area contributed by atoms with Gasteiger partial charge in [0.25, 0.3) is 0 Å². The van der Waals surface area contributed by atoms with Gasteiger partial charge in [-0.25, -0.2) is 4.98 Å². The second-order valence-electron chi connectivity index (χ2n) is 9.07. The van der Waals surface area contributed by atoms with Gasteiger partial charge in [0.15, 0.2) is 0 Å².